The summed E-state index contributed by atoms with van der Waals surface area (Å²) in [6, 6.07) is 12.0. The molecule has 0 spiro atoms. The van der Waals surface area contributed by atoms with Gasteiger partial charge in [0.1, 0.15) is 11.5 Å². The Morgan fingerprint density at radius 1 is 1.00 bits per heavy atom. The van der Waals surface area contributed by atoms with Crippen LogP contribution in [0, 0.1) is 0 Å². The largest absolute Gasteiger partial charge is 0.354 e. The highest BCUT2D eigenvalue weighted by atomic mass is 16.1. The van der Waals surface area contributed by atoms with Crippen LogP contribution in [0.4, 0.5) is 5.82 Å². The number of benzene rings is 1. The molecule has 1 aliphatic carbocycles. The predicted octanol–water partition coefficient (Wildman–Crippen LogP) is 2.96. The zero-order valence-corrected chi connectivity index (χ0v) is 16.6. The first-order valence-electron chi connectivity index (χ1n) is 10.4. The number of carbonyl (C=O) groups excluding carboxylic acids is 1. The molecule has 0 radical (unpaired) electrons. The highest BCUT2D eigenvalue weighted by molar-refractivity contribution is 5.93. The summed E-state index contributed by atoms with van der Waals surface area (Å²) in [5.74, 6) is 1.38. The van der Waals surface area contributed by atoms with Gasteiger partial charge >= 0.3 is 0 Å². The molecule has 2 heterocycles. The summed E-state index contributed by atoms with van der Waals surface area (Å²) in [5, 5.41) is 3.20. The number of hydrogen-bond acceptors (Lipinski definition) is 5. The third-order valence-corrected chi connectivity index (χ3v) is 5.74. The van der Waals surface area contributed by atoms with Gasteiger partial charge in [-0.25, -0.2) is 9.97 Å². The topological polar surface area (TPSA) is 61.4 Å². The van der Waals surface area contributed by atoms with Crippen molar-refractivity contribution in [2.24, 2.45) is 0 Å². The van der Waals surface area contributed by atoms with Crippen molar-refractivity contribution in [3.05, 3.63) is 42.1 Å². The highest BCUT2D eigenvalue weighted by Crippen LogP contribution is 2.22. The van der Waals surface area contributed by atoms with E-state index in [2.05, 4.69) is 27.1 Å². The summed E-state index contributed by atoms with van der Waals surface area (Å²) in [5.41, 5.74) is 1.40. The molecule has 0 bridgehead atoms. The molecule has 1 aliphatic heterocycles. The second kappa shape index (κ2) is 8.69. The average molecular weight is 380 g/mol. The van der Waals surface area contributed by atoms with E-state index in [1.165, 1.54) is 19.3 Å². The van der Waals surface area contributed by atoms with E-state index in [-0.39, 0.29) is 11.9 Å². The van der Waals surface area contributed by atoms with E-state index in [0.717, 1.165) is 50.4 Å². The fraction of sp³-hybridized carbons (Fsp3) is 0.500. The lowest BCUT2D eigenvalue weighted by Gasteiger charge is -2.33. The number of piperazine rings is 1. The highest BCUT2D eigenvalue weighted by Gasteiger charge is 2.22. The van der Waals surface area contributed by atoms with Gasteiger partial charge < -0.3 is 15.1 Å². The number of aromatic nitrogens is 2. The summed E-state index contributed by atoms with van der Waals surface area (Å²) in [7, 11) is 2.13. The Labute approximate surface area is 167 Å². The minimum atomic E-state index is -0.0816. The second-order valence-electron chi connectivity index (χ2n) is 7.90. The molecule has 6 nitrogen and oxygen atoms in total. The lowest BCUT2D eigenvalue weighted by atomic mass is 9.95. The van der Waals surface area contributed by atoms with E-state index in [9.17, 15) is 4.79 Å². The minimum absolute atomic E-state index is 0.0816. The Bertz CT molecular complexity index is 796. The summed E-state index contributed by atoms with van der Waals surface area (Å²) < 4.78 is 0. The average Bonchev–Trinajstić information content (AvgIpc) is 2.75. The number of hydrogen-bond donors (Lipinski definition) is 1. The Hall–Kier alpha value is -2.47. The first-order chi connectivity index (χ1) is 13.7. The van der Waals surface area contributed by atoms with Crippen LogP contribution in [0.25, 0.3) is 11.4 Å². The monoisotopic (exact) mass is 379 g/mol. The van der Waals surface area contributed by atoms with Crippen molar-refractivity contribution in [1.29, 1.82) is 0 Å². The maximum absolute atomic E-state index is 13.0. The minimum Gasteiger partial charge on any atom is -0.354 e. The van der Waals surface area contributed by atoms with Crippen LogP contribution in [0.3, 0.4) is 0 Å². The molecule has 6 heteroatoms. The van der Waals surface area contributed by atoms with Crippen LogP contribution in [-0.2, 0) is 0 Å². The molecule has 0 atom stereocenters. The van der Waals surface area contributed by atoms with Gasteiger partial charge in [-0.15, -0.1) is 0 Å². The number of amides is 1. The molecule has 4 rings (SSSR count). The van der Waals surface area contributed by atoms with Gasteiger partial charge in [0, 0.05) is 43.9 Å². The van der Waals surface area contributed by atoms with E-state index in [1.54, 1.807) is 0 Å². The summed E-state index contributed by atoms with van der Waals surface area (Å²) in [4.78, 5) is 26.9. The molecule has 2 aromatic rings. The van der Waals surface area contributed by atoms with Crippen molar-refractivity contribution in [3.63, 3.8) is 0 Å². The summed E-state index contributed by atoms with van der Waals surface area (Å²) in [6.45, 7) is 3.80. The van der Waals surface area contributed by atoms with Gasteiger partial charge in [0.2, 0.25) is 0 Å². The van der Waals surface area contributed by atoms with Crippen LogP contribution < -0.4 is 10.2 Å². The second-order valence-corrected chi connectivity index (χ2v) is 7.90. The number of anilines is 1. The van der Waals surface area contributed by atoms with Crippen molar-refractivity contribution in [1.82, 2.24) is 20.2 Å². The quantitative estimate of drug-likeness (QED) is 0.885. The molecule has 1 N–H and O–H groups in total. The van der Waals surface area contributed by atoms with Gasteiger partial charge in [-0.1, -0.05) is 49.6 Å². The van der Waals surface area contributed by atoms with Gasteiger partial charge in [0.25, 0.3) is 5.91 Å². The van der Waals surface area contributed by atoms with Crippen molar-refractivity contribution in [3.8, 4) is 11.4 Å². The summed E-state index contributed by atoms with van der Waals surface area (Å²) in [6.07, 6.45) is 5.78. The molecular formula is C22H29N5O. The fourth-order valence-corrected chi connectivity index (χ4v) is 3.97. The number of carbonyl (C=O) groups is 1. The zero-order valence-electron chi connectivity index (χ0n) is 16.6. The third-order valence-electron chi connectivity index (χ3n) is 5.74. The van der Waals surface area contributed by atoms with Crippen molar-refractivity contribution >= 4 is 11.7 Å². The smallest absolute Gasteiger partial charge is 0.270 e. The van der Waals surface area contributed by atoms with E-state index in [1.807, 2.05) is 36.4 Å². The normalized spacial score (nSPS) is 18.8. The molecule has 0 unspecified atom stereocenters. The standard InChI is InChI=1S/C22H29N5O/c1-26-12-14-27(15-13-26)20-16-19(22(28)23-18-10-6-3-7-11-18)24-21(25-20)17-8-4-2-5-9-17/h2,4-5,8-9,16,18H,3,6-7,10-15H2,1H3,(H,23,28). The van der Waals surface area contributed by atoms with Crippen molar-refractivity contribution < 1.29 is 4.79 Å². The molecular weight excluding hydrogens is 350 g/mol. The molecule has 28 heavy (non-hydrogen) atoms. The van der Waals surface area contributed by atoms with E-state index < -0.39 is 0 Å². The number of nitrogens with one attached hydrogen (secondary N) is 1. The Morgan fingerprint density at radius 3 is 2.43 bits per heavy atom. The predicted molar refractivity (Wildman–Crippen MR) is 112 cm³/mol. The SMILES string of the molecule is CN1CCN(c2cc(C(=O)NC3CCCCC3)nc(-c3ccccc3)n2)CC1. The Morgan fingerprint density at radius 2 is 1.71 bits per heavy atom. The van der Waals surface area contributed by atoms with Crippen LogP contribution >= 0.6 is 0 Å². The number of likely N-dealkylation sites (N-methyl/N-ethyl adjacent to an activating group) is 1. The molecule has 148 valence electrons. The first kappa shape index (κ1) is 18.9. The molecule has 1 saturated carbocycles. The van der Waals surface area contributed by atoms with Crippen LogP contribution in [0.2, 0.25) is 0 Å². The Kier molecular flexibility index (Phi) is 5.86. The van der Waals surface area contributed by atoms with E-state index in [0.29, 0.717) is 11.5 Å². The maximum Gasteiger partial charge on any atom is 0.270 e. The molecule has 1 saturated heterocycles. The maximum atomic E-state index is 13.0. The molecule has 2 aliphatic rings. The fourth-order valence-electron chi connectivity index (χ4n) is 3.97. The number of nitrogens with zero attached hydrogens (tertiary/aromatic N) is 4. The van der Waals surface area contributed by atoms with Crippen molar-refractivity contribution in [2.45, 2.75) is 38.1 Å². The van der Waals surface area contributed by atoms with Crippen LogP contribution in [-0.4, -0.2) is 60.0 Å². The van der Waals surface area contributed by atoms with Gasteiger partial charge in [-0.3, -0.25) is 4.79 Å². The van der Waals surface area contributed by atoms with Gasteiger partial charge in [0.15, 0.2) is 5.82 Å². The molecule has 1 aromatic carbocycles. The zero-order chi connectivity index (χ0) is 19.3. The Balaban J connectivity index is 1.62. The number of rotatable bonds is 4. The van der Waals surface area contributed by atoms with Crippen LogP contribution in [0.15, 0.2) is 36.4 Å². The molecule has 2 fully saturated rings. The molecule has 1 aromatic heterocycles. The third kappa shape index (κ3) is 4.50. The van der Waals surface area contributed by atoms with Crippen LogP contribution in [0.1, 0.15) is 42.6 Å². The van der Waals surface area contributed by atoms with Gasteiger partial charge in [-0.2, -0.15) is 0 Å². The van der Waals surface area contributed by atoms with E-state index >= 15 is 0 Å². The lowest BCUT2D eigenvalue weighted by Crippen LogP contribution is -2.45. The van der Waals surface area contributed by atoms with E-state index in [4.69, 9.17) is 4.98 Å². The van der Waals surface area contributed by atoms with Gasteiger partial charge in [-0.05, 0) is 19.9 Å². The van der Waals surface area contributed by atoms with Crippen LogP contribution in [0.5, 0.6) is 0 Å². The van der Waals surface area contributed by atoms with Gasteiger partial charge in [0.05, 0.1) is 0 Å². The first-order valence-corrected chi connectivity index (χ1v) is 10.4. The molecule has 1 amide bonds. The lowest BCUT2D eigenvalue weighted by molar-refractivity contribution is 0.0922. The van der Waals surface area contributed by atoms with Crippen molar-refractivity contribution in [2.75, 3.05) is 38.1 Å². The summed E-state index contributed by atoms with van der Waals surface area (Å²) >= 11 is 0.